The van der Waals surface area contributed by atoms with Crippen LogP contribution in [-0.4, -0.2) is 18.5 Å². The minimum Gasteiger partial charge on any atom is -0.352 e. The standard InChI is InChI=1S/C12H26N2O/c1-3-5-6-7-9-12(15)14-11(10-13)8-4-2/h11H,3-10,13H2,1-2H3,(H,14,15). The lowest BCUT2D eigenvalue weighted by atomic mass is 10.1. The van der Waals surface area contributed by atoms with Crippen molar-refractivity contribution in [2.75, 3.05) is 6.54 Å². The lowest BCUT2D eigenvalue weighted by molar-refractivity contribution is -0.121. The molecule has 0 aromatic heterocycles. The number of carbonyl (C=O) groups excluding carboxylic acids is 1. The molecule has 0 bridgehead atoms. The zero-order valence-electron chi connectivity index (χ0n) is 10.2. The summed E-state index contributed by atoms with van der Waals surface area (Å²) in [5.74, 6) is 0.162. The van der Waals surface area contributed by atoms with Gasteiger partial charge in [-0.3, -0.25) is 4.79 Å². The Morgan fingerprint density at radius 1 is 1.20 bits per heavy atom. The highest BCUT2D eigenvalue weighted by Gasteiger charge is 2.08. The molecule has 3 heteroatoms. The van der Waals surface area contributed by atoms with Gasteiger partial charge in [-0.2, -0.15) is 0 Å². The maximum Gasteiger partial charge on any atom is 0.220 e. The topological polar surface area (TPSA) is 55.1 Å². The Bertz CT molecular complexity index is 160. The molecule has 0 aliphatic carbocycles. The largest absolute Gasteiger partial charge is 0.352 e. The molecular weight excluding hydrogens is 188 g/mol. The number of rotatable bonds is 9. The fourth-order valence-electron chi connectivity index (χ4n) is 1.61. The number of unbranched alkanes of at least 4 members (excludes halogenated alkanes) is 3. The first-order valence-corrected chi connectivity index (χ1v) is 6.24. The lowest BCUT2D eigenvalue weighted by Gasteiger charge is -2.15. The van der Waals surface area contributed by atoms with Gasteiger partial charge < -0.3 is 11.1 Å². The van der Waals surface area contributed by atoms with E-state index in [2.05, 4.69) is 19.2 Å². The molecule has 0 spiro atoms. The van der Waals surface area contributed by atoms with E-state index in [4.69, 9.17) is 5.73 Å². The zero-order chi connectivity index (χ0) is 11.5. The minimum atomic E-state index is 0.162. The van der Waals surface area contributed by atoms with Crippen LogP contribution >= 0.6 is 0 Å². The molecule has 0 fully saturated rings. The van der Waals surface area contributed by atoms with E-state index in [0.29, 0.717) is 13.0 Å². The third-order valence-corrected chi connectivity index (χ3v) is 2.54. The molecule has 15 heavy (non-hydrogen) atoms. The number of amides is 1. The average molecular weight is 214 g/mol. The van der Waals surface area contributed by atoms with Crippen LogP contribution in [0.3, 0.4) is 0 Å². The first-order valence-electron chi connectivity index (χ1n) is 6.24. The Morgan fingerprint density at radius 3 is 2.47 bits per heavy atom. The third-order valence-electron chi connectivity index (χ3n) is 2.54. The Labute approximate surface area is 93.8 Å². The number of hydrogen-bond acceptors (Lipinski definition) is 2. The van der Waals surface area contributed by atoms with Crippen LogP contribution in [0.4, 0.5) is 0 Å². The van der Waals surface area contributed by atoms with E-state index in [1.807, 2.05) is 0 Å². The van der Waals surface area contributed by atoms with E-state index in [9.17, 15) is 4.79 Å². The maximum absolute atomic E-state index is 11.5. The SMILES string of the molecule is CCCCCCC(=O)NC(CN)CCC. The van der Waals surface area contributed by atoms with E-state index in [0.717, 1.165) is 25.7 Å². The molecule has 3 nitrogen and oxygen atoms in total. The molecule has 0 aliphatic rings. The molecule has 0 rings (SSSR count). The van der Waals surface area contributed by atoms with Gasteiger partial charge in [0.05, 0.1) is 0 Å². The molecular formula is C12H26N2O. The summed E-state index contributed by atoms with van der Waals surface area (Å²) in [6.45, 7) is 4.83. The Morgan fingerprint density at radius 2 is 1.93 bits per heavy atom. The van der Waals surface area contributed by atoms with Crippen molar-refractivity contribution in [2.45, 2.75) is 64.8 Å². The normalized spacial score (nSPS) is 12.5. The molecule has 0 aliphatic heterocycles. The molecule has 0 saturated heterocycles. The molecule has 0 aromatic rings. The lowest BCUT2D eigenvalue weighted by Crippen LogP contribution is -2.39. The number of nitrogens with one attached hydrogen (secondary N) is 1. The summed E-state index contributed by atoms with van der Waals surface area (Å²) in [5, 5.41) is 2.98. The van der Waals surface area contributed by atoms with Crippen molar-refractivity contribution in [3.8, 4) is 0 Å². The second kappa shape index (κ2) is 9.97. The Kier molecular flexibility index (Phi) is 9.59. The van der Waals surface area contributed by atoms with Gasteiger partial charge in [-0.05, 0) is 12.8 Å². The molecule has 0 aromatic carbocycles. The van der Waals surface area contributed by atoms with Gasteiger partial charge in [0.15, 0.2) is 0 Å². The fraction of sp³-hybridized carbons (Fsp3) is 0.917. The van der Waals surface area contributed by atoms with Crippen molar-refractivity contribution in [2.24, 2.45) is 5.73 Å². The van der Waals surface area contributed by atoms with Crippen LogP contribution in [0.5, 0.6) is 0 Å². The van der Waals surface area contributed by atoms with Crippen LogP contribution in [0.15, 0.2) is 0 Å². The highest BCUT2D eigenvalue weighted by atomic mass is 16.1. The van der Waals surface area contributed by atoms with E-state index in [1.165, 1.54) is 12.8 Å². The number of hydrogen-bond donors (Lipinski definition) is 2. The first-order chi connectivity index (χ1) is 7.24. The van der Waals surface area contributed by atoms with Crippen LogP contribution in [0, 0.1) is 0 Å². The minimum absolute atomic E-state index is 0.162. The van der Waals surface area contributed by atoms with Gasteiger partial charge in [-0.15, -0.1) is 0 Å². The van der Waals surface area contributed by atoms with Crippen molar-refractivity contribution in [1.29, 1.82) is 0 Å². The van der Waals surface area contributed by atoms with Crippen molar-refractivity contribution in [3.05, 3.63) is 0 Å². The Hall–Kier alpha value is -0.570. The smallest absolute Gasteiger partial charge is 0.220 e. The van der Waals surface area contributed by atoms with Crippen molar-refractivity contribution in [3.63, 3.8) is 0 Å². The number of carbonyl (C=O) groups is 1. The molecule has 1 unspecified atom stereocenters. The van der Waals surface area contributed by atoms with Gasteiger partial charge in [0.2, 0.25) is 5.91 Å². The maximum atomic E-state index is 11.5. The second-order valence-corrected chi connectivity index (χ2v) is 4.10. The van der Waals surface area contributed by atoms with Crippen LogP contribution in [-0.2, 0) is 4.79 Å². The van der Waals surface area contributed by atoms with Gasteiger partial charge in [0.25, 0.3) is 0 Å². The summed E-state index contributed by atoms with van der Waals surface area (Å²) < 4.78 is 0. The summed E-state index contributed by atoms with van der Waals surface area (Å²) >= 11 is 0. The predicted octanol–water partition coefficient (Wildman–Crippen LogP) is 2.20. The second-order valence-electron chi connectivity index (χ2n) is 4.10. The monoisotopic (exact) mass is 214 g/mol. The van der Waals surface area contributed by atoms with E-state index < -0.39 is 0 Å². The van der Waals surface area contributed by atoms with Crippen LogP contribution < -0.4 is 11.1 Å². The third kappa shape index (κ3) is 8.43. The molecule has 90 valence electrons. The summed E-state index contributed by atoms with van der Waals surface area (Å²) in [6, 6.07) is 0.175. The van der Waals surface area contributed by atoms with Gasteiger partial charge in [-0.1, -0.05) is 39.5 Å². The van der Waals surface area contributed by atoms with Crippen molar-refractivity contribution >= 4 is 5.91 Å². The van der Waals surface area contributed by atoms with Crippen LogP contribution in [0.2, 0.25) is 0 Å². The molecule has 0 radical (unpaired) electrons. The quantitative estimate of drug-likeness (QED) is 0.578. The summed E-state index contributed by atoms with van der Waals surface area (Å²) in [5.41, 5.74) is 5.57. The van der Waals surface area contributed by atoms with E-state index in [1.54, 1.807) is 0 Å². The number of nitrogens with two attached hydrogens (primary N) is 1. The Balaban J connectivity index is 3.52. The highest BCUT2D eigenvalue weighted by molar-refractivity contribution is 5.76. The molecule has 1 amide bonds. The van der Waals surface area contributed by atoms with Crippen LogP contribution in [0.1, 0.15) is 58.8 Å². The predicted molar refractivity (Wildman–Crippen MR) is 64.7 cm³/mol. The van der Waals surface area contributed by atoms with Gasteiger partial charge in [0, 0.05) is 19.0 Å². The summed E-state index contributed by atoms with van der Waals surface area (Å²) in [4.78, 5) is 11.5. The van der Waals surface area contributed by atoms with Gasteiger partial charge >= 0.3 is 0 Å². The van der Waals surface area contributed by atoms with Crippen molar-refractivity contribution in [1.82, 2.24) is 5.32 Å². The van der Waals surface area contributed by atoms with Crippen molar-refractivity contribution < 1.29 is 4.79 Å². The summed E-state index contributed by atoms with van der Waals surface area (Å²) in [6.07, 6.45) is 7.30. The summed E-state index contributed by atoms with van der Waals surface area (Å²) in [7, 11) is 0. The van der Waals surface area contributed by atoms with E-state index in [-0.39, 0.29) is 11.9 Å². The fourth-order valence-corrected chi connectivity index (χ4v) is 1.61. The van der Waals surface area contributed by atoms with Crippen LogP contribution in [0.25, 0.3) is 0 Å². The average Bonchev–Trinajstić information content (AvgIpc) is 2.24. The molecule has 3 N–H and O–H groups in total. The zero-order valence-corrected chi connectivity index (χ0v) is 10.2. The highest BCUT2D eigenvalue weighted by Crippen LogP contribution is 2.03. The van der Waals surface area contributed by atoms with Gasteiger partial charge in [-0.25, -0.2) is 0 Å². The first kappa shape index (κ1) is 14.4. The molecule has 1 atom stereocenters. The van der Waals surface area contributed by atoms with E-state index >= 15 is 0 Å². The van der Waals surface area contributed by atoms with Gasteiger partial charge in [0.1, 0.15) is 0 Å². The molecule has 0 saturated carbocycles. The molecule has 0 heterocycles.